The highest BCUT2D eigenvalue weighted by Gasteiger charge is 2.15. The largest absolute Gasteiger partial charge is 0.302 e. The second-order valence-electron chi connectivity index (χ2n) is 4.59. The van der Waals surface area contributed by atoms with Crippen molar-refractivity contribution in [2.24, 2.45) is 5.41 Å². The van der Waals surface area contributed by atoms with Gasteiger partial charge in [-0.3, -0.25) is 0 Å². The van der Waals surface area contributed by atoms with Crippen LogP contribution in [0.25, 0.3) is 0 Å². The first-order valence-corrected chi connectivity index (χ1v) is 6.25. The van der Waals surface area contributed by atoms with Crippen LogP contribution in [-0.2, 0) is 17.5 Å². The minimum atomic E-state index is -1.86. The molecule has 1 aromatic rings. The Kier molecular flexibility index (Phi) is 4.05. The zero-order valence-electron chi connectivity index (χ0n) is 9.49. The molecular weight excluding hydrogens is 208 g/mol. The highest BCUT2D eigenvalue weighted by molar-refractivity contribution is 7.79. The van der Waals surface area contributed by atoms with E-state index in [2.05, 4.69) is 20.8 Å². The van der Waals surface area contributed by atoms with Crippen LogP contribution in [0.3, 0.4) is 0 Å². The van der Waals surface area contributed by atoms with E-state index < -0.39 is 11.1 Å². The lowest BCUT2D eigenvalue weighted by molar-refractivity contribution is 0.349. The first kappa shape index (κ1) is 12.4. The lowest BCUT2D eigenvalue weighted by Gasteiger charge is -2.22. The Morgan fingerprint density at radius 3 is 2.20 bits per heavy atom. The van der Waals surface area contributed by atoms with Crippen LogP contribution in [0.1, 0.15) is 32.8 Å². The molecule has 1 atom stereocenters. The first-order valence-electron chi connectivity index (χ1n) is 5.14. The van der Waals surface area contributed by atoms with E-state index in [1.54, 1.807) is 12.1 Å². The van der Waals surface area contributed by atoms with Gasteiger partial charge in [-0.1, -0.05) is 39.3 Å². The van der Waals surface area contributed by atoms with E-state index in [0.717, 1.165) is 12.8 Å². The van der Waals surface area contributed by atoms with Gasteiger partial charge in [-0.2, -0.15) is 0 Å². The summed E-state index contributed by atoms with van der Waals surface area (Å²) >= 11 is -1.86. The fourth-order valence-electron chi connectivity index (χ4n) is 1.40. The molecule has 1 unspecified atom stereocenters. The summed E-state index contributed by atoms with van der Waals surface area (Å²) < 4.78 is 19.6. The van der Waals surface area contributed by atoms with Gasteiger partial charge in [0.05, 0.1) is 4.90 Å². The highest BCUT2D eigenvalue weighted by Crippen LogP contribution is 2.25. The Morgan fingerprint density at radius 1 is 1.27 bits per heavy atom. The molecule has 1 N–H and O–H groups in total. The Bertz CT molecular complexity index is 341. The maximum atomic E-state index is 10.8. The maximum absolute atomic E-state index is 10.8. The van der Waals surface area contributed by atoms with Gasteiger partial charge < -0.3 is 4.55 Å². The summed E-state index contributed by atoms with van der Waals surface area (Å²) in [5, 5.41) is 0. The molecule has 0 amide bonds. The van der Waals surface area contributed by atoms with Gasteiger partial charge in [-0.25, -0.2) is 4.21 Å². The summed E-state index contributed by atoms with van der Waals surface area (Å²) in [6.45, 7) is 6.63. The molecule has 2 nitrogen and oxygen atoms in total. The van der Waals surface area contributed by atoms with E-state index in [0.29, 0.717) is 10.3 Å². The Labute approximate surface area is 94.0 Å². The van der Waals surface area contributed by atoms with Crippen molar-refractivity contribution in [3.05, 3.63) is 29.8 Å². The number of rotatable bonds is 4. The van der Waals surface area contributed by atoms with Crippen molar-refractivity contribution in [1.82, 2.24) is 0 Å². The molecule has 0 aromatic heterocycles. The van der Waals surface area contributed by atoms with Crippen molar-refractivity contribution in [1.29, 1.82) is 0 Å². The van der Waals surface area contributed by atoms with Crippen molar-refractivity contribution in [2.45, 2.75) is 38.5 Å². The van der Waals surface area contributed by atoms with Gasteiger partial charge in [0.15, 0.2) is 11.1 Å². The summed E-state index contributed by atoms with van der Waals surface area (Å²) in [6, 6.07) is 7.30. The van der Waals surface area contributed by atoms with E-state index in [4.69, 9.17) is 4.55 Å². The zero-order chi connectivity index (χ0) is 11.5. The molecule has 0 heterocycles. The molecule has 1 rings (SSSR count). The third kappa shape index (κ3) is 3.76. The van der Waals surface area contributed by atoms with Crippen molar-refractivity contribution in [2.75, 3.05) is 0 Å². The molecule has 0 aliphatic rings. The first-order chi connectivity index (χ1) is 6.94. The van der Waals surface area contributed by atoms with Gasteiger partial charge in [0.1, 0.15) is 0 Å². The molecule has 0 aliphatic heterocycles. The van der Waals surface area contributed by atoms with Crippen molar-refractivity contribution in [3.8, 4) is 0 Å². The van der Waals surface area contributed by atoms with E-state index in [-0.39, 0.29) is 0 Å². The molecule has 0 spiro atoms. The van der Waals surface area contributed by atoms with Gasteiger partial charge in [0, 0.05) is 0 Å². The number of benzene rings is 1. The number of hydrogen-bond donors (Lipinski definition) is 1. The topological polar surface area (TPSA) is 37.3 Å². The van der Waals surface area contributed by atoms with Gasteiger partial charge >= 0.3 is 0 Å². The molecule has 0 saturated carbocycles. The van der Waals surface area contributed by atoms with Gasteiger partial charge in [0.2, 0.25) is 0 Å². The maximum Gasteiger partial charge on any atom is 0.186 e. The molecule has 15 heavy (non-hydrogen) atoms. The quantitative estimate of drug-likeness (QED) is 0.800. The van der Waals surface area contributed by atoms with E-state index in [1.165, 1.54) is 5.56 Å². The van der Waals surface area contributed by atoms with Crippen molar-refractivity contribution in [3.63, 3.8) is 0 Å². The normalized spacial score (nSPS) is 13.9. The summed E-state index contributed by atoms with van der Waals surface area (Å²) in [4.78, 5) is 0.466. The van der Waals surface area contributed by atoms with Crippen LogP contribution in [0.15, 0.2) is 29.2 Å². The smallest absolute Gasteiger partial charge is 0.186 e. The van der Waals surface area contributed by atoms with Gasteiger partial charge in [0.25, 0.3) is 0 Å². The molecule has 0 radical (unpaired) electrons. The van der Waals surface area contributed by atoms with Crippen LogP contribution in [0.5, 0.6) is 0 Å². The summed E-state index contributed by atoms with van der Waals surface area (Å²) in [5.74, 6) is 0. The van der Waals surface area contributed by atoms with E-state index in [9.17, 15) is 4.21 Å². The lowest BCUT2D eigenvalue weighted by Crippen LogP contribution is -2.13. The second kappa shape index (κ2) is 4.90. The molecule has 0 bridgehead atoms. The minimum Gasteiger partial charge on any atom is -0.302 e. The molecule has 0 saturated heterocycles. The second-order valence-corrected chi connectivity index (χ2v) is 5.56. The standard InChI is InChI=1S/C12H18O2S/c1-4-12(2,3)9-10-5-7-11(8-6-10)15(13)14/h5-8H,4,9H2,1-3H3,(H,13,14). The van der Waals surface area contributed by atoms with Crippen LogP contribution in [0.4, 0.5) is 0 Å². The van der Waals surface area contributed by atoms with Gasteiger partial charge in [-0.15, -0.1) is 0 Å². The Balaban J connectivity index is 2.77. The highest BCUT2D eigenvalue weighted by atomic mass is 32.2. The lowest BCUT2D eigenvalue weighted by atomic mass is 9.83. The summed E-state index contributed by atoms with van der Waals surface area (Å²) in [6.07, 6.45) is 2.13. The predicted octanol–water partition coefficient (Wildman–Crippen LogP) is 3.25. The zero-order valence-corrected chi connectivity index (χ0v) is 10.3. The molecular formula is C12H18O2S. The van der Waals surface area contributed by atoms with Crippen molar-refractivity contribution < 1.29 is 8.76 Å². The van der Waals surface area contributed by atoms with E-state index in [1.807, 2.05) is 12.1 Å². The third-order valence-electron chi connectivity index (χ3n) is 2.76. The van der Waals surface area contributed by atoms with Crippen molar-refractivity contribution >= 4 is 11.1 Å². The summed E-state index contributed by atoms with van der Waals surface area (Å²) in [5.41, 5.74) is 1.51. The number of hydrogen-bond acceptors (Lipinski definition) is 1. The predicted molar refractivity (Wildman–Crippen MR) is 63.3 cm³/mol. The van der Waals surface area contributed by atoms with E-state index >= 15 is 0 Å². The van der Waals surface area contributed by atoms with Crippen LogP contribution in [0.2, 0.25) is 0 Å². The van der Waals surface area contributed by atoms with Crippen LogP contribution in [-0.4, -0.2) is 8.76 Å². The van der Waals surface area contributed by atoms with Gasteiger partial charge in [-0.05, 0) is 29.5 Å². The monoisotopic (exact) mass is 226 g/mol. The average Bonchev–Trinajstić information content (AvgIpc) is 2.18. The Morgan fingerprint density at radius 2 is 1.80 bits per heavy atom. The fourth-order valence-corrected chi connectivity index (χ4v) is 1.77. The van der Waals surface area contributed by atoms with Crippen LogP contribution in [0, 0.1) is 5.41 Å². The van der Waals surface area contributed by atoms with Crippen LogP contribution >= 0.6 is 0 Å². The fraction of sp³-hybridized carbons (Fsp3) is 0.500. The molecule has 1 aromatic carbocycles. The molecule has 0 fully saturated rings. The molecule has 84 valence electrons. The third-order valence-corrected chi connectivity index (χ3v) is 3.44. The molecule has 3 heteroatoms. The molecule has 0 aliphatic carbocycles. The minimum absolute atomic E-state index is 0.292. The summed E-state index contributed by atoms with van der Waals surface area (Å²) in [7, 11) is 0. The Hall–Kier alpha value is -0.670. The van der Waals surface area contributed by atoms with Crippen LogP contribution < -0.4 is 0 Å². The SMILES string of the molecule is CCC(C)(C)Cc1ccc(S(=O)O)cc1. The average molecular weight is 226 g/mol.